The van der Waals surface area contributed by atoms with Crippen LogP contribution in [0.4, 0.5) is 5.69 Å². The molecule has 1 aliphatic heterocycles. The predicted molar refractivity (Wildman–Crippen MR) is 92.0 cm³/mol. The molecule has 0 atom stereocenters. The summed E-state index contributed by atoms with van der Waals surface area (Å²) in [5, 5.41) is 1.13. The third kappa shape index (κ3) is 2.87. The van der Waals surface area contributed by atoms with Gasteiger partial charge in [0.2, 0.25) is 0 Å². The van der Waals surface area contributed by atoms with E-state index >= 15 is 0 Å². The first-order chi connectivity index (χ1) is 12.0. The SMILES string of the molecule is COC(=O)C1=C(C(=O)OC)N(c2ccc3c(C)cn(C)c3c2)COC1. The lowest BCUT2D eigenvalue weighted by atomic mass is 10.1. The molecule has 7 heteroatoms. The van der Waals surface area contributed by atoms with Crippen molar-refractivity contribution in [1.82, 2.24) is 4.57 Å². The topological polar surface area (TPSA) is 70.0 Å². The molecule has 0 fully saturated rings. The van der Waals surface area contributed by atoms with E-state index < -0.39 is 11.9 Å². The summed E-state index contributed by atoms with van der Waals surface area (Å²) in [4.78, 5) is 26.0. The van der Waals surface area contributed by atoms with Gasteiger partial charge in [-0.1, -0.05) is 6.07 Å². The molecule has 1 aromatic carbocycles. The largest absolute Gasteiger partial charge is 0.466 e. The smallest absolute Gasteiger partial charge is 0.355 e. The van der Waals surface area contributed by atoms with E-state index in [0.717, 1.165) is 22.2 Å². The molecule has 0 amide bonds. The highest BCUT2D eigenvalue weighted by Gasteiger charge is 2.32. The summed E-state index contributed by atoms with van der Waals surface area (Å²) in [6.45, 7) is 2.18. The summed E-state index contributed by atoms with van der Waals surface area (Å²) in [6.07, 6.45) is 2.04. The average molecular weight is 344 g/mol. The Balaban J connectivity index is 2.15. The summed E-state index contributed by atoms with van der Waals surface area (Å²) in [5.74, 6) is -1.22. The number of carbonyl (C=O) groups is 2. The molecule has 0 spiro atoms. The molecule has 2 aromatic rings. The second kappa shape index (κ2) is 6.60. The minimum atomic E-state index is -0.610. The van der Waals surface area contributed by atoms with Gasteiger partial charge in [0.25, 0.3) is 0 Å². The van der Waals surface area contributed by atoms with Gasteiger partial charge in [0.1, 0.15) is 12.4 Å². The minimum Gasteiger partial charge on any atom is -0.466 e. The number of hydrogen-bond donors (Lipinski definition) is 0. The highest BCUT2D eigenvalue weighted by molar-refractivity contribution is 6.03. The van der Waals surface area contributed by atoms with Gasteiger partial charge in [0.15, 0.2) is 0 Å². The molecule has 1 aliphatic rings. The summed E-state index contributed by atoms with van der Waals surface area (Å²) in [6, 6.07) is 5.83. The van der Waals surface area contributed by atoms with Crippen LogP contribution in [-0.4, -0.2) is 44.1 Å². The van der Waals surface area contributed by atoms with E-state index in [1.807, 2.05) is 42.9 Å². The zero-order valence-electron chi connectivity index (χ0n) is 14.7. The fourth-order valence-corrected chi connectivity index (χ4v) is 3.09. The maximum absolute atomic E-state index is 12.3. The van der Waals surface area contributed by atoms with Gasteiger partial charge in [-0.2, -0.15) is 0 Å². The van der Waals surface area contributed by atoms with Crippen molar-refractivity contribution in [3.05, 3.63) is 41.2 Å². The van der Waals surface area contributed by atoms with Gasteiger partial charge >= 0.3 is 11.9 Å². The van der Waals surface area contributed by atoms with Gasteiger partial charge < -0.3 is 23.7 Å². The molecule has 0 saturated carbocycles. The van der Waals surface area contributed by atoms with Crippen LogP contribution in [0.15, 0.2) is 35.7 Å². The van der Waals surface area contributed by atoms with Crippen LogP contribution >= 0.6 is 0 Å². The lowest BCUT2D eigenvalue weighted by molar-refractivity contribution is -0.140. The zero-order valence-corrected chi connectivity index (χ0v) is 14.7. The lowest BCUT2D eigenvalue weighted by Crippen LogP contribution is -2.38. The van der Waals surface area contributed by atoms with Crippen molar-refractivity contribution >= 4 is 28.5 Å². The second-order valence-electron chi connectivity index (χ2n) is 5.84. The predicted octanol–water partition coefficient (Wildman–Crippen LogP) is 1.88. The molecule has 0 N–H and O–H groups in total. The Morgan fingerprint density at radius 3 is 2.56 bits per heavy atom. The van der Waals surface area contributed by atoms with Crippen LogP contribution in [0.3, 0.4) is 0 Å². The Morgan fingerprint density at radius 2 is 1.88 bits per heavy atom. The van der Waals surface area contributed by atoms with Gasteiger partial charge in [-0.25, -0.2) is 9.59 Å². The number of aromatic nitrogens is 1. The molecular weight excluding hydrogens is 324 g/mol. The number of aryl methyl sites for hydroxylation is 2. The molecule has 1 aromatic heterocycles. The van der Waals surface area contributed by atoms with Gasteiger partial charge in [-0.05, 0) is 24.6 Å². The quantitative estimate of drug-likeness (QED) is 0.792. The Hall–Kier alpha value is -2.80. The van der Waals surface area contributed by atoms with E-state index in [4.69, 9.17) is 14.2 Å². The standard InChI is InChI=1S/C18H20N2O5/c1-11-8-19(2)15-7-12(5-6-13(11)15)20-10-25-9-14(17(21)23-3)16(20)18(22)24-4/h5-8H,9-10H2,1-4H3. The summed E-state index contributed by atoms with van der Waals surface area (Å²) in [5.41, 5.74) is 3.20. The number of benzene rings is 1. The van der Waals surface area contributed by atoms with Crippen LogP contribution in [0.2, 0.25) is 0 Å². The molecule has 132 valence electrons. The molecule has 2 heterocycles. The first-order valence-corrected chi connectivity index (χ1v) is 7.78. The van der Waals surface area contributed by atoms with Crippen molar-refractivity contribution in [1.29, 1.82) is 0 Å². The number of ether oxygens (including phenoxy) is 3. The van der Waals surface area contributed by atoms with E-state index in [2.05, 4.69) is 0 Å². The molecule has 0 saturated heterocycles. The van der Waals surface area contributed by atoms with Crippen LogP contribution in [0.5, 0.6) is 0 Å². The van der Waals surface area contributed by atoms with Gasteiger partial charge in [0.05, 0.1) is 31.9 Å². The third-order valence-electron chi connectivity index (χ3n) is 4.32. The van der Waals surface area contributed by atoms with Crippen LogP contribution in [-0.2, 0) is 30.8 Å². The molecular formula is C18H20N2O5. The van der Waals surface area contributed by atoms with Crippen molar-refractivity contribution in [2.45, 2.75) is 6.92 Å². The number of rotatable bonds is 3. The Labute approximate surface area is 145 Å². The van der Waals surface area contributed by atoms with E-state index in [0.29, 0.717) is 0 Å². The number of esters is 2. The highest BCUT2D eigenvalue weighted by atomic mass is 16.5. The normalized spacial score (nSPS) is 14.8. The molecule has 0 radical (unpaired) electrons. The van der Waals surface area contributed by atoms with E-state index in [1.54, 1.807) is 4.90 Å². The number of anilines is 1. The highest BCUT2D eigenvalue weighted by Crippen LogP contribution is 2.30. The molecule has 0 bridgehead atoms. The molecule has 0 unspecified atom stereocenters. The number of carbonyl (C=O) groups excluding carboxylic acids is 2. The van der Waals surface area contributed by atoms with Crippen molar-refractivity contribution in [2.75, 3.05) is 32.5 Å². The van der Waals surface area contributed by atoms with Crippen molar-refractivity contribution in [2.24, 2.45) is 7.05 Å². The maximum atomic E-state index is 12.3. The molecule has 7 nitrogen and oxygen atoms in total. The van der Waals surface area contributed by atoms with Crippen LogP contribution < -0.4 is 4.90 Å². The fourth-order valence-electron chi connectivity index (χ4n) is 3.09. The van der Waals surface area contributed by atoms with Gasteiger partial charge in [-0.15, -0.1) is 0 Å². The van der Waals surface area contributed by atoms with Crippen molar-refractivity contribution in [3.8, 4) is 0 Å². The Kier molecular flexibility index (Phi) is 4.50. The Bertz CT molecular complexity index is 881. The van der Waals surface area contributed by atoms with Crippen LogP contribution in [0.1, 0.15) is 5.56 Å². The number of hydrogen-bond acceptors (Lipinski definition) is 6. The fraction of sp³-hybridized carbons (Fsp3) is 0.333. The lowest BCUT2D eigenvalue weighted by Gasteiger charge is -2.31. The Morgan fingerprint density at radius 1 is 1.16 bits per heavy atom. The van der Waals surface area contributed by atoms with Gasteiger partial charge in [-0.3, -0.25) is 0 Å². The summed E-state index contributed by atoms with van der Waals surface area (Å²) >= 11 is 0. The van der Waals surface area contributed by atoms with Crippen molar-refractivity contribution in [3.63, 3.8) is 0 Å². The third-order valence-corrected chi connectivity index (χ3v) is 4.32. The molecule has 3 rings (SSSR count). The number of nitrogens with zero attached hydrogens (tertiary/aromatic N) is 2. The first kappa shape index (κ1) is 17.0. The van der Waals surface area contributed by atoms with Gasteiger partial charge in [0, 0.05) is 24.3 Å². The van der Waals surface area contributed by atoms with E-state index in [9.17, 15) is 9.59 Å². The second-order valence-corrected chi connectivity index (χ2v) is 5.84. The summed E-state index contributed by atoms with van der Waals surface area (Å²) < 4.78 is 17.2. The molecule has 0 aliphatic carbocycles. The first-order valence-electron chi connectivity index (χ1n) is 7.78. The zero-order chi connectivity index (χ0) is 18.1. The number of methoxy groups -OCH3 is 2. The minimum absolute atomic E-state index is 0.000879. The summed E-state index contributed by atoms with van der Waals surface area (Å²) in [7, 11) is 4.51. The van der Waals surface area contributed by atoms with Crippen molar-refractivity contribution < 1.29 is 23.8 Å². The van der Waals surface area contributed by atoms with E-state index in [-0.39, 0.29) is 24.6 Å². The van der Waals surface area contributed by atoms with Crippen LogP contribution in [0, 0.1) is 6.92 Å². The van der Waals surface area contributed by atoms with Crippen LogP contribution in [0.25, 0.3) is 10.9 Å². The number of fused-ring (bicyclic) bond motifs is 1. The monoisotopic (exact) mass is 344 g/mol. The van der Waals surface area contributed by atoms with E-state index in [1.165, 1.54) is 14.2 Å². The molecule has 25 heavy (non-hydrogen) atoms. The average Bonchev–Trinajstić information content (AvgIpc) is 2.93. The maximum Gasteiger partial charge on any atom is 0.355 e.